The van der Waals surface area contributed by atoms with E-state index in [1.807, 2.05) is 25.3 Å². The topological polar surface area (TPSA) is 85.1 Å². The maximum Gasteiger partial charge on any atom is 0.278 e. The first-order valence-corrected chi connectivity index (χ1v) is 10.3. The zero-order valence-corrected chi connectivity index (χ0v) is 14.8. The zero-order chi connectivity index (χ0) is 17.2. The molecule has 0 bridgehead atoms. The van der Waals surface area contributed by atoms with Crippen LogP contribution in [-0.2, 0) is 14.6 Å². The van der Waals surface area contributed by atoms with Gasteiger partial charge in [0.2, 0.25) is 0 Å². The second kappa shape index (κ2) is 7.06. The number of anilines is 1. The van der Waals surface area contributed by atoms with Crippen molar-refractivity contribution >= 4 is 21.6 Å². The highest BCUT2D eigenvalue weighted by molar-refractivity contribution is 7.91. The van der Waals surface area contributed by atoms with Crippen molar-refractivity contribution < 1.29 is 23.1 Å². The van der Waals surface area contributed by atoms with Crippen LogP contribution < -0.4 is 20.1 Å². The molecule has 0 radical (unpaired) electrons. The molecule has 1 amide bonds. The minimum atomic E-state index is -2.96. The monoisotopic (exact) mass is 354 g/mol. The Labute approximate surface area is 143 Å². The summed E-state index contributed by atoms with van der Waals surface area (Å²) in [4.78, 5) is 19.2. The van der Waals surface area contributed by atoms with Crippen LogP contribution in [0, 0.1) is 0 Å². The van der Waals surface area contributed by atoms with Crippen LogP contribution in [0.1, 0.15) is 13.3 Å². The van der Waals surface area contributed by atoms with Gasteiger partial charge in [-0.1, -0.05) is 6.07 Å². The van der Waals surface area contributed by atoms with Gasteiger partial charge >= 0.3 is 0 Å². The molecule has 24 heavy (non-hydrogen) atoms. The molecule has 3 N–H and O–H groups in total. The third-order valence-corrected chi connectivity index (χ3v) is 6.79. The van der Waals surface area contributed by atoms with Crippen LogP contribution in [0.2, 0.25) is 0 Å². The molecule has 2 aliphatic heterocycles. The fraction of sp³-hybridized carbons (Fsp3) is 0.625. The smallest absolute Gasteiger partial charge is 0.278 e. The van der Waals surface area contributed by atoms with Gasteiger partial charge in [-0.25, -0.2) is 13.4 Å². The molecule has 2 fully saturated rings. The molecule has 2 aliphatic rings. The van der Waals surface area contributed by atoms with E-state index in [1.54, 1.807) is 0 Å². The number of sulfone groups is 1. The maximum absolute atomic E-state index is 12.4. The molecule has 3 rings (SSSR count). The molecule has 2 atom stereocenters. The van der Waals surface area contributed by atoms with E-state index in [0.29, 0.717) is 6.42 Å². The van der Waals surface area contributed by atoms with E-state index in [9.17, 15) is 13.2 Å². The number of quaternary nitrogens is 1. The van der Waals surface area contributed by atoms with E-state index in [0.717, 1.165) is 32.0 Å². The van der Waals surface area contributed by atoms with Crippen molar-refractivity contribution in [1.82, 2.24) is 5.32 Å². The molecule has 0 unspecified atom stereocenters. The second-order valence-corrected chi connectivity index (χ2v) is 8.95. The van der Waals surface area contributed by atoms with E-state index in [-0.39, 0.29) is 29.5 Å². The van der Waals surface area contributed by atoms with Crippen molar-refractivity contribution in [3.63, 3.8) is 0 Å². The number of pyridine rings is 1. The van der Waals surface area contributed by atoms with Crippen molar-refractivity contribution in [3.05, 3.63) is 24.4 Å². The average Bonchev–Trinajstić information content (AvgIpc) is 2.93. The number of nitrogens with one attached hydrogen (secondary N) is 3. The van der Waals surface area contributed by atoms with E-state index < -0.39 is 9.84 Å². The summed E-state index contributed by atoms with van der Waals surface area (Å²) in [5, 5.41) is 2.92. The molecule has 1 aromatic rings. The predicted molar refractivity (Wildman–Crippen MR) is 90.6 cm³/mol. The van der Waals surface area contributed by atoms with Crippen LogP contribution in [-0.4, -0.2) is 64.1 Å². The number of carbonyl (C=O) groups excluding carboxylic acids is 1. The average molecular weight is 354 g/mol. The number of carbonyl (C=O) groups is 1. The van der Waals surface area contributed by atoms with Gasteiger partial charge in [0.15, 0.2) is 15.9 Å². The minimum absolute atomic E-state index is 0.0353. The number of aromatic amines is 1. The molecule has 0 saturated carbocycles. The van der Waals surface area contributed by atoms with Crippen molar-refractivity contribution in [3.8, 4) is 0 Å². The highest BCUT2D eigenvalue weighted by Gasteiger charge is 2.35. The third-order valence-electron chi connectivity index (χ3n) is 5.02. The fourth-order valence-corrected chi connectivity index (χ4v) is 5.14. The van der Waals surface area contributed by atoms with Gasteiger partial charge in [-0.15, -0.1) is 0 Å². The van der Waals surface area contributed by atoms with Gasteiger partial charge in [-0.3, -0.25) is 9.69 Å². The number of H-pyrrole nitrogens is 1. The lowest BCUT2D eigenvalue weighted by molar-refractivity contribution is -0.914. The molecular formula is C16H26N4O3S+2. The first-order chi connectivity index (χ1) is 11.4. The van der Waals surface area contributed by atoms with Crippen molar-refractivity contribution in [1.29, 1.82) is 0 Å². The summed E-state index contributed by atoms with van der Waals surface area (Å²) < 4.78 is 23.0. The normalized spacial score (nSPS) is 25.4. The largest absolute Gasteiger partial charge is 0.347 e. The number of amides is 1. The lowest BCUT2D eigenvalue weighted by Gasteiger charge is -2.32. The van der Waals surface area contributed by atoms with Crippen molar-refractivity contribution in [2.24, 2.45) is 0 Å². The highest BCUT2D eigenvalue weighted by Crippen LogP contribution is 2.11. The van der Waals surface area contributed by atoms with Crippen LogP contribution >= 0.6 is 0 Å². The first kappa shape index (κ1) is 17.2. The molecular weight excluding hydrogens is 328 g/mol. The Kier molecular flexibility index (Phi) is 5.05. The predicted octanol–water partition coefficient (Wildman–Crippen LogP) is -2.10. The van der Waals surface area contributed by atoms with Crippen LogP contribution in [0.15, 0.2) is 24.4 Å². The molecule has 2 saturated heterocycles. The van der Waals surface area contributed by atoms with Crippen molar-refractivity contribution in [2.45, 2.75) is 25.4 Å². The van der Waals surface area contributed by atoms with Gasteiger partial charge in [0.05, 0.1) is 17.7 Å². The Balaban J connectivity index is 1.50. The maximum atomic E-state index is 12.4. The van der Waals surface area contributed by atoms with Gasteiger partial charge in [-0.2, -0.15) is 0 Å². The molecule has 1 aromatic heterocycles. The van der Waals surface area contributed by atoms with E-state index in [4.69, 9.17) is 0 Å². The molecule has 0 aromatic carbocycles. The van der Waals surface area contributed by atoms with Gasteiger partial charge in [0, 0.05) is 12.1 Å². The van der Waals surface area contributed by atoms with Crippen LogP contribution in [0.3, 0.4) is 0 Å². The number of piperazine rings is 1. The molecule has 132 valence electrons. The number of hydrogen-bond donors (Lipinski definition) is 2. The summed E-state index contributed by atoms with van der Waals surface area (Å²) in [7, 11) is -2.96. The van der Waals surface area contributed by atoms with Crippen LogP contribution in [0.25, 0.3) is 0 Å². The van der Waals surface area contributed by atoms with Gasteiger partial charge in [-0.05, 0) is 19.4 Å². The lowest BCUT2D eigenvalue weighted by Crippen LogP contribution is -3.19. The molecule has 0 aliphatic carbocycles. The summed E-state index contributed by atoms with van der Waals surface area (Å²) >= 11 is 0. The number of aromatic nitrogens is 1. The molecule has 7 nitrogen and oxygen atoms in total. The van der Waals surface area contributed by atoms with Gasteiger partial charge < -0.3 is 10.2 Å². The summed E-state index contributed by atoms with van der Waals surface area (Å²) in [6.45, 7) is 5.50. The molecule has 3 heterocycles. The van der Waals surface area contributed by atoms with Crippen LogP contribution in [0.4, 0.5) is 5.82 Å². The second-order valence-electron chi connectivity index (χ2n) is 6.72. The zero-order valence-electron chi connectivity index (χ0n) is 14.0. The summed E-state index contributed by atoms with van der Waals surface area (Å²) in [5.74, 6) is 1.33. The summed E-state index contributed by atoms with van der Waals surface area (Å²) in [5.41, 5.74) is 0. The number of hydrogen-bond acceptors (Lipinski definition) is 4. The standard InChI is InChI=1S/C16H24N4O3S/c1-13(16(21)18-14-5-11-24(22,23)12-14)19-7-9-20(10-8-19)15-4-2-3-6-17-15/h2-4,6,13-14H,5,7-12H2,1H3,(H,18,21)/p+2/t13-,14-/m0/s1. The lowest BCUT2D eigenvalue weighted by atomic mass is 10.2. The summed E-state index contributed by atoms with van der Waals surface area (Å²) in [6.07, 6.45) is 2.45. The van der Waals surface area contributed by atoms with E-state index >= 15 is 0 Å². The van der Waals surface area contributed by atoms with Crippen LogP contribution in [0.5, 0.6) is 0 Å². The Morgan fingerprint density at radius 3 is 2.71 bits per heavy atom. The highest BCUT2D eigenvalue weighted by atomic mass is 32.2. The molecule has 0 spiro atoms. The Morgan fingerprint density at radius 1 is 1.38 bits per heavy atom. The Hall–Kier alpha value is -1.67. The Morgan fingerprint density at radius 2 is 2.12 bits per heavy atom. The number of rotatable bonds is 4. The van der Waals surface area contributed by atoms with E-state index in [2.05, 4.69) is 21.3 Å². The summed E-state index contributed by atoms with van der Waals surface area (Å²) in [6, 6.07) is 5.65. The quantitative estimate of drug-likeness (QED) is 0.649. The minimum Gasteiger partial charge on any atom is -0.347 e. The van der Waals surface area contributed by atoms with Crippen molar-refractivity contribution in [2.75, 3.05) is 42.6 Å². The SMILES string of the molecule is C[C@@H](C(=O)N[C@H]1CCS(=O)(=O)C1)[NH+]1CCN(c2cccc[nH+]2)CC1. The third kappa shape index (κ3) is 4.05. The molecule has 8 heteroatoms. The van der Waals surface area contributed by atoms with Gasteiger partial charge in [0.1, 0.15) is 26.2 Å². The van der Waals surface area contributed by atoms with Gasteiger partial charge in [0.25, 0.3) is 11.7 Å². The Bertz CT molecular complexity index is 672. The van der Waals surface area contributed by atoms with E-state index in [1.165, 1.54) is 4.90 Å². The number of nitrogens with zero attached hydrogens (tertiary/aromatic N) is 1. The first-order valence-electron chi connectivity index (χ1n) is 8.52. The fourth-order valence-electron chi connectivity index (χ4n) is 3.47.